The van der Waals surface area contributed by atoms with Crippen LogP contribution < -0.4 is 21.9 Å². The third kappa shape index (κ3) is 3.89. The summed E-state index contributed by atoms with van der Waals surface area (Å²) in [4.78, 5) is 37.3. The van der Waals surface area contributed by atoms with E-state index in [1.807, 2.05) is 0 Å². The Hall–Kier alpha value is -3.42. The predicted octanol–water partition coefficient (Wildman–Crippen LogP) is 0.728. The van der Waals surface area contributed by atoms with E-state index in [1.165, 1.54) is 23.9 Å². The van der Waals surface area contributed by atoms with Crippen molar-refractivity contribution in [3.8, 4) is 0 Å². The predicted molar refractivity (Wildman–Crippen MR) is 102 cm³/mol. The number of rotatable bonds is 6. The van der Waals surface area contributed by atoms with Crippen LogP contribution in [-0.2, 0) is 6.54 Å². The number of benzene rings is 1. The molecular formula is C19H21N5O3. The third-order valence-electron chi connectivity index (χ3n) is 4.45. The smallest absolute Gasteiger partial charge is 0.263 e. The zero-order valence-corrected chi connectivity index (χ0v) is 14.9. The van der Waals surface area contributed by atoms with Crippen LogP contribution in [0.3, 0.4) is 0 Å². The number of nitrogen functional groups attached to an aromatic ring is 1. The van der Waals surface area contributed by atoms with Crippen molar-refractivity contribution < 1.29 is 9.59 Å². The minimum Gasteiger partial charge on any atom is -0.398 e. The lowest BCUT2D eigenvalue weighted by atomic mass is 10.1. The highest BCUT2D eigenvalue weighted by molar-refractivity contribution is 5.99. The molecule has 2 amide bonds. The van der Waals surface area contributed by atoms with Gasteiger partial charge in [0.05, 0.1) is 12.1 Å². The summed E-state index contributed by atoms with van der Waals surface area (Å²) in [6.45, 7) is 0.0864. The van der Waals surface area contributed by atoms with Crippen molar-refractivity contribution in [2.45, 2.75) is 25.4 Å². The number of nitrogens with zero attached hydrogens (tertiary/aromatic N) is 1. The molecule has 0 bridgehead atoms. The summed E-state index contributed by atoms with van der Waals surface area (Å²) >= 11 is 0. The molecule has 0 atom stereocenters. The van der Waals surface area contributed by atoms with Gasteiger partial charge < -0.3 is 26.3 Å². The first-order valence-electron chi connectivity index (χ1n) is 8.60. The SMILES string of the molecule is CNC(=O)c1cc(C(=O)NC2CC2)cn(Cc2cccc(N)c2C=N)c1=O. The fraction of sp³-hybridized carbons (Fsp3) is 0.263. The molecule has 0 spiro atoms. The molecule has 27 heavy (non-hydrogen) atoms. The lowest BCUT2D eigenvalue weighted by Crippen LogP contribution is -2.34. The van der Waals surface area contributed by atoms with E-state index in [0.717, 1.165) is 19.1 Å². The molecule has 2 aromatic rings. The average molecular weight is 367 g/mol. The Bertz CT molecular complexity index is 976. The van der Waals surface area contributed by atoms with Gasteiger partial charge in [-0.1, -0.05) is 12.1 Å². The molecule has 8 heteroatoms. The molecule has 1 fully saturated rings. The number of aromatic nitrogens is 1. The van der Waals surface area contributed by atoms with Gasteiger partial charge in [-0.05, 0) is 30.5 Å². The Balaban J connectivity index is 2.06. The maximum absolute atomic E-state index is 12.7. The third-order valence-corrected chi connectivity index (χ3v) is 4.45. The number of carbonyl (C=O) groups is 2. The van der Waals surface area contributed by atoms with E-state index in [9.17, 15) is 14.4 Å². The van der Waals surface area contributed by atoms with Gasteiger partial charge in [0.15, 0.2) is 0 Å². The fourth-order valence-electron chi connectivity index (χ4n) is 2.80. The van der Waals surface area contributed by atoms with Gasteiger partial charge in [0.1, 0.15) is 5.56 Å². The summed E-state index contributed by atoms with van der Waals surface area (Å²) in [6, 6.07) is 6.61. The molecule has 8 nitrogen and oxygen atoms in total. The Labute approximate surface area is 155 Å². The quantitative estimate of drug-likeness (QED) is 0.443. The number of nitrogens with two attached hydrogens (primary N) is 1. The molecule has 1 aromatic carbocycles. The van der Waals surface area contributed by atoms with Crippen molar-refractivity contribution in [3.05, 3.63) is 63.1 Å². The van der Waals surface area contributed by atoms with E-state index >= 15 is 0 Å². The Morgan fingerprint density at radius 1 is 1.33 bits per heavy atom. The fourth-order valence-corrected chi connectivity index (χ4v) is 2.80. The molecular weight excluding hydrogens is 346 g/mol. The molecule has 140 valence electrons. The van der Waals surface area contributed by atoms with E-state index < -0.39 is 11.5 Å². The van der Waals surface area contributed by atoms with Gasteiger partial charge >= 0.3 is 0 Å². The zero-order chi connectivity index (χ0) is 19.6. The maximum Gasteiger partial charge on any atom is 0.263 e. The van der Waals surface area contributed by atoms with Crippen LogP contribution in [0, 0.1) is 5.41 Å². The Morgan fingerprint density at radius 2 is 2.07 bits per heavy atom. The largest absolute Gasteiger partial charge is 0.398 e. The zero-order valence-electron chi connectivity index (χ0n) is 14.9. The summed E-state index contributed by atoms with van der Waals surface area (Å²) < 4.78 is 1.30. The van der Waals surface area contributed by atoms with Crippen molar-refractivity contribution in [3.63, 3.8) is 0 Å². The highest BCUT2D eigenvalue weighted by Crippen LogP contribution is 2.20. The van der Waals surface area contributed by atoms with Gasteiger partial charge in [0, 0.05) is 36.8 Å². The lowest BCUT2D eigenvalue weighted by molar-refractivity contribution is 0.0950. The van der Waals surface area contributed by atoms with E-state index in [4.69, 9.17) is 11.1 Å². The molecule has 0 radical (unpaired) electrons. The molecule has 0 unspecified atom stereocenters. The van der Waals surface area contributed by atoms with Crippen LogP contribution in [0.25, 0.3) is 0 Å². The van der Waals surface area contributed by atoms with Crippen LogP contribution in [0.15, 0.2) is 35.3 Å². The number of carbonyl (C=O) groups excluding carboxylic acids is 2. The normalized spacial score (nSPS) is 13.1. The monoisotopic (exact) mass is 367 g/mol. The molecule has 1 aromatic heterocycles. The number of pyridine rings is 1. The number of anilines is 1. The van der Waals surface area contributed by atoms with Crippen molar-refractivity contribution >= 4 is 23.7 Å². The second kappa shape index (κ2) is 7.45. The van der Waals surface area contributed by atoms with E-state index in [1.54, 1.807) is 18.2 Å². The number of hydrogen-bond acceptors (Lipinski definition) is 5. The molecule has 1 saturated carbocycles. The molecule has 1 heterocycles. The van der Waals surface area contributed by atoms with Gasteiger partial charge in [0.25, 0.3) is 17.4 Å². The first-order chi connectivity index (χ1) is 12.9. The topological polar surface area (TPSA) is 130 Å². The van der Waals surface area contributed by atoms with Gasteiger partial charge in [0.2, 0.25) is 0 Å². The number of nitrogens with one attached hydrogen (secondary N) is 3. The minimum absolute atomic E-state index is 0.0864. The van der Waals surface area contributed by atoms with Crippen LogP contribution in [0.2, 0.25) is 0 Å². The Morgan fingerprint density at radius 3 is 2.70 bits per heavy atom. The van der Waals surface area contributed by atoms with E-state index in [0.29, 0.717) is 16.8 Å². The molecule has 1 aliphatic carbocycles. The van der Waals surface area contributed by atoms with Crippen molar-refractivity contribution in [1.29, 1.82) is 5.41 Å². The molecule has 0 aliphatic heterocycles. The van der Waals surface area contributed by atoms with Gasteiger partial charge in [-0.15, -0.1) is 0 Å². The van der Waals surface area contributed by atoms with Crippen molar-refractivity contribution in [2.24, 2.45) is 0 Å². The average Bonchev–Trinajstić information content (AvgIpc) is 3.46. The standard InChI is InChI=1S/C19H21N5O3/c1-22-18(26)14-7-12(17(25)23-13-5-6-13)10-24(19(14)27)9-11-3-2-4-16(21)15(11)8-20/h2-4,7-8,10,13,20H,5-6,9,21H2,1H3,(H,22,26)(H,23,25). The highest BCUT2D eigenvalue weighted by atomic mass is 16.2. The second-order valence-electron chi connectivity index (χ2n) is 6.47. The van der Waals surface area contributed by atoms with Gasteiger partial charge in [-0.2, -0.15) is 0 Å². The highest BCUT2D eigenvalue weighted by Gasteiger charge is 2.25. The summed E-state index contributed by atoms with van der Waals surface area (Å²) in [7, 11) is 1.42. The minimum atomic E-state index is -0.560. The van der Waals surface area contributed by atoms with Crippen LogP contribution in [-0.4, -0.2) is 35.7 Å². The van der Waals surface area contributed by atoms with E-state index in [-0.39, 0.29) is 29.6 Å². The number of amides is 2. The van der Waals surface area contributed by atoms with Gasteiger partial charge in [-0.25, -0.2) is 0 Å². The summed E-state index contributed by atoms with van der Waals surface area (Å²) in [6.07, 6.45) is 4.42. The summed E-state index contributed by atoms with van der Waals surface area (Å²) in [5.74, 6) is -0.883. The van der Waals surface area contributed by atoms with Crippen molar-refractivity contribution in [2.75, 3.05) is 12.8 Å². The first kappa shape index (κ1) is 18.4. The Kier molecular flexibility index (Phi) is 5.07. The van der Waals surface area contributed by atoms with E-state index in [2.05, 4.69) is 10.6 Å². The first-order valence-corrected chi connectivity index (χ1v) is 8.60. The number of hydrogen-bond donors (Lipinski definition) is 4. The summed E-state index contributed by atoms with van der Waals surface area (Å²) in [5, 5.41) is 12.8. The molecule has 0 saturated heterocycles. The lowest BCUT2D eigenvalue weighted by Gasteiger charge is -2.14. The molecule has 3 rings (SSSR count). The van der Waals surface area contributed by atoms with Crippen molar-refractivity contribution in [1.82, 2.24) is 15.2 Å². The maximum atomic E-state index is 12.7. The molecule has 5 N–H and O–H groups in total. The van der Waals surface area contributed by atoms with Crippen LogP contribution in [0.4, 0.5) is 5.69 Å². The molecule has 1 aliphatic rings. The summed E-state index contributed by atoms with van der Waals surface area (Å²) in [5.41, 5.74) is 7.07. The second-order valence-corrected chi connectivity index (χ2v) is 6.47. The van der Waals surface area contributed by atoms with Gasteiger partial charge in [-0.3, -0.25) is 14.4 Å². The van der Waals surface area contributed by atoms with Crippen LogP contribution >= 0.6 is 0 Å². The van der Waals surface area contributed by atoms with Crippen LogP contribution in [0.1, 0.15) is 44.7 Å². The van der Waals surface area contributed by atoms with Crippen LogP contribution in [0.5, 0.6) is 0 Å².